The lowest BCUT2D eigenvalue weighted by atomic mass is 10.2. The fourth-order valence-corrected chi connectivity index (χ4v) is 2.19. The summed E-state index contributed by atoms with van der Waals surface area (Å²) in [6, 6.07) is 3.56. The Balaban J connectivity index is 2.61. The lowest BCUT2D eigenvalue weighted by molar-refractivity contribution is -0.151. The molecule has 0 spiro atoms. The molecule has 0 bridgehead atoms. The van der Waals surface area contributed by atoms with Crippen LogP contribution in [0.25, 0.3) is 0 Å². The van der Waals surface area contributed by atoms with Crippen LogP contribution in [0.3, 0.4) is 0 Å². The van der Waals surface area contributed by atoms with Crippen LogP contribution in [0, 0.1) is 0 Å². The summed E-state index contributed by atoms with van der Waals surface area (Å²) in [5, 5.41) is 10.3. The van der Waals surface area contributed by atoms with Gasteiger partial charge in [-0.3, -0.25) is 4.79 Å². The number of hydrogen-bond donors (Lipinski definition) is 1. The number of hydrogen-bond acceptors (Lipinski definition) is 5. The van der Waals surface area contributed by atoms with E-state index in [1.54, 1.807) is 25.3 Å². The first kappa shape index (κ1) is 15.0. The molecule has 0 saturated heterocycles. The highest BCUT2D eigenvalue weighted by atomic mass is 32.2. The van der Waals surface area contributed by atoms with Crippen molar-refractivity contribution >= 4 is 17.7 Å². The van der Waals surface area contributed by atoms with Crippen LogP contribution in [-0.2, 0) is 9.53 Å². The van der Waals surface area contributed by atoms with Gasteiger partial charge in [-0.2, -0.15) is 0 Å². The molecule has 0 aliphatic heterocycles. The summed E-state index contributed by atoms with van der Waals surface area (Å²) in [6.07, 6.45) is 1.04. The first-order valence-corrected chi connectivity index (χ1v) is 6.76. The van der Waals surface area contributed by atoms with Crippen LogP contribution < -0.4 is 0 Å². The van der Waals surface area contributed by atoms with Crippen molar-refractivity contribution in [1.29, 1.82) is 0 Å². The Kier molecular flexibility index (Phi) is 5.16. The minimum Gasteiger partial charge on any atom is -0.459 e. The van der Waals surface area contributed by atoms with Crippen molar-refractivity contribution in [2.24, 2.45) is 0 Å². The zero-order valence-corrected chi connectivity index (χ0v) is 12.0. The number of nitrogens with zero attached hydrogens (tertiary/aromatic N) is 1. The maximum atomic E-state index is 11.6. The zero-order valence-electron chi connectivity index (χ0n) is 11.1. The largest absolute Gasteiger partial charge is 0.459 e. The molecule has 5 heteroatoms. The second-order valence-corrected chi connectivity index (χ2v) is 5.91. The van der Waals surface area contributed by atoms with Crippen LogP contribution in [-0.4, -0.2) is 27.4 Å². The van der Waals surface area contributed by atoms with E-state index >= 15 is 0 Å². The van der Waals surface area contributed by atoms with Crippen molar-refractivity contribution in [1.82, 2.24) is 4.98 Å². The monoisotopic (exact) mass is 269 g/mol. The van der Waals surface area contributed by atoms with Crippen LogP contribution in [0.5, 0.6) is 0 Å². The Morgan fingerprint density at radius 3 is 2.78 bits per heavy atom. The molecule has 1 aromatic rings. The van der Waals surface area contributed by atoms with Crippen LogP contribution in [0.4, 0.5) is 0 Å². The average Bonchev–Trinajstić information content (AvgIpc) is 2.24. The van der Waals surface area contributed by atoms with Gasteiger partial charge in [0.2, 0.25) is 0 Å². The number of rotatable bonds is 4. The molecule has 0 aliphatic rings. The van der Waals surface area contributed by atoms with Crippen LogP contribution >= 0.6 is 11.8 Å². The van der Waals surface area contributed by atoms with Gasteiger partial charge in [-0.05, 0) is 33.8 Å². The number of carbonyl (C=O) groups excluding carboxylic acids is 1. The van der Waals surface area contributed by atoms with Crippen LogP contribution in [0.15, 0.2) is 23.4 Å². The number of esters is 1. The number of ether oxygens (including phenoxy) is 1. The Morgan fingerprint density at radius 1 is 1.56 bits per heavy atom. The molecular weight excluding hydrogens is 250 g/mol. The van der Waals surface area contributed by atoms with Gasteiger partial charge in [0.05, 0.1) is 11.9 Å². The molecule has 0 radical (unpaired) electrons. The fourth-order valence-electron chi connectivity index (χ4n) is 1.34. The smallest absolute Gasteiger partial charge is 0.316 e. The number of aliphatic hydroxyl groups excluding tert-OH is 1. The molecule has 0 aromatic carbocycles. The molecule has 1 heterocycles. The van der Waals surface area contributed by atoms with E-state index in [9.17, 15) is 9.90 Å². The van der Waals surface area contributed by atoms with Crippen LogP contribution in [0.2, 0.25) is 0 Å². The maximum Gasteiger partial charge on any atom is 0.316 e. The van der Waals surface area contributed by atoms with E-state index in [4.69, 9.17) is 4.74 Å². The molecule has 1 aromatic heterocycles. The Bertz CT molecular complexity index is 413. The second-order valence-electron chi connectivity index (χ2n) is 4.95. The van der Waals surface area contributed by atoms with Gasteiger partial charge in [-0.1, -0.05) is 17.8 Å². The summed E-state index contributed by atoms with van der Waals surface area (Å²) in [4.78, 5) is 15.7. The number of aromatic nitrogens is 1. The summed E-state index contributed by atoms with van der Waals surface area (Å²) < 4.78 is 5.21. The number of carbonyl (C=O) groups is 1. The lowest BCUT2D eigenvalue weighted by Gasteiger charge is -2.19. The summed E-state index contributed by atoms with van der Waals surface area (Å²) in [5.74, 6) is -0.0942. The minimum atomic E-state index is -0.597. The van der Waals surface area contributed by atoms with E-state index < -0.39 is 11.7 Å². The fraction of sp³-hybridized carbons (Fsp3) is 0.538. The van der Waals surface area contributed by atoms with E-state index in [0.29, 0.717) is 5.03 Å². The Labute approximate surface area is 112 Å². The highest BCUT2D eigenvalue weighted by Gasteiger charge is 2.17. The third-order valence-electron chi connectivity index (χ3n) is 2.00. The molecule has 100 valence electrons. The normalized spacial score (nSPS) is 13.2. The quantitative estimate of drug-likeness (QED) is 0.672. The minimum absolute atomic E-state index is 0.188. The predicted molar refractivity (Wildman–Crippen MR) is 71.4 cm³/mol. The third kappa shape index (κ3) is 5.06. The molecule has 1 N–H and O–H groups in total. The molecule has 0 unspecified atom stereocenters. The second kappa shape index (κ2) is 6.20. The number of pyridine rings is 1. The Morgan fingerprint density at radius 2 is 2.22 bits per heavy atom. The average molecular weight is 269 g/mol. The number of thioether (sulfide) groups is 1. The van der Waals surface area contributed by atoms with Crippen LogP contribution in [0.1, 0.15) is 39.4 Å². The van der Waals surface area contributed by atoms with Crippen molar-refractivity contribution < 1.29 is 14.6 Å². The standard InChI is InChI=1S/C13H19NO3S/c1-9(15)10-6-5-7-14-12(10)18-8-11(16)17-13(2,3)4/h5-7,9,15H,8H2,1-4H3/t9-/m1/s1. The van der Waals surface area contributed by atoms with Gasteiger partial charge in [0.1, 0.15) is 10.6 Å². The van der Waals surface area contributed by atoms with Gasteiger partial charge < -0.3 is 9.84 Å². The molecule has 4 nitrogen and oxygen atoms in total. The molecule has 1 atom stereocenters. The van der Waals surface area contributed by atoms with Gasteiger partial charge in [0.15, 0.2) is 0 Å². The SMILES string of the molecule is C[C@@H](O)c1cccnc1SCC(=O)OC(C)(C)C. The molecular formula is C13H19NO3S. The first-order chi connectivity index (χ1) is 8.29. The lowest BCUT2D eigenvalue weighted by Crippen LogP contribution is -2.25. The van der Waals surface area contributed by atoms with Crippen molar-refractivity contribution in [2.75, 3.05) is 5.75 Å². The van der Waals surface area contributed by atoms with Gasteiger partial charge >= 0.3 is 5.97 Å². The molecule has 0 saturated carbocycles. The van der Waals surface area contributed by atoms with Crippen molar-refractivity contribution in [3.63, 3.8) is 0 Å². The molecule has 0 amide bonds. The molecule has 18 heavy (non-hydrogen) atoms. The Hall–Kier alpha value is -1.07. The summed E-state index contributed by atoms with van der Waals surface area (Å²) >= 11 is 1.28. The third-order valence-corrected chi connectivity index (χ3v) is 2.99. The van der Waals surface area contributed by atoms with E-state index in [1.165, 1.54) is 11.8 Å². The molecule has 0 aliphatic carbocycles. The van der Waals surface area contributed by atoms with E-state index in [2.05, 4.69) is 4.98 Å². The van der Waals surface area contributed by atoms with Crippen molar-refractivity contribution in [2.45, 2.75) is 44.4 Å². The zero-order chi connectivity index (χ0) is 13.8. The topological polar surface area (TPSA) is 59.4 Å². The van der Waals surface area contributed by atoms with Gasteiger partial charge in [0.25, 0.3) is 0 Å². The van der Waals surface area contributed by atoms with Crippen molar-refractivity contribution in [3.05, 3.63) is 23.9 Å². The molecule has 0 fully saturated rings. The highest BCUT2D eigenvalue weighted by Crippen LogP contribution is 2.25. The summed E-state index contributed by atoms with van der Waals surface area (Å²) in [5.41, 5.74) is 0.251. The van der Waals surface area contributed by atoms with Gasteiger partial charge in [-0.15, -0.1) is 0 Å². The van der Waals surface area contributed by atoms with Gasteiger partial charge in [0, 0.05) is 11.8 Å². The summed E-state index contributed by atoms with van der Waals surface area (Å²) in [6.45, 7) is 7.17. The van der Waals surface area contributed by atoms with E-state index in [-0.39, 0.29) is 11.7 Å². The molecule has 1 rings (SSSR count). The number of aliphatic hydroxyl groups is 1. The predicted octanol–water partition coefficient (Wildman–Crippen LogP) is 2.57. The maximum absolute atomic E-state index is 11.6. The summed E-state index contributed by atoms with van der Waals surface area (Å²) in [7, 11) is 0. The van der Waals surface area contributed by atoms with Gasteiger partial charge in [-0.25, -0.2) is 4.98 Å². The van der Waals surface area contributed by atoms with E-state index in [1.807, 2.05) is 20.8 Å². The first-order valence-electron chi connectivity index (χ1n) is 5.77. The van der Waals surface area contributed by atoms with E-state index in [0.717, 1.165) is 5.56 Å². The van der Waals surface area contributed by atoms with Crippen molar-refractivity contribution in [3.8, 4) is 0 Å². The highest BCUT2D eigenvalue weighted by molar-refractivity contribution is 7.99.